The third kappa shape index (κ3) is 14.5. The number of nitrogens with one attached hydrogen (secondary N) is 1. The minimum absolute atomic E-state index is 0.0532. The number of ketones is 2. The van der Waals surface area contributed by atoms with Crippen LogP contribution in [-0.4, -0.2) is 111 Å². The van der Waals surface area contributed by atoms with Gasteiger partial charge in [0, 0.05) is 97.4 Å². The molecule has 372 valence electrons. The predicted octanol–water partition coefficient (Wildman–Crippen LogP) is 9.27. The van der Waals surface area contributed by atoms with E-state index in [1.807, 2.05) is 58.7 Å². The molecule has 4 aromatic carbocycles. The van der Waals surface area contributed by atoms with Gasteiger partial charge in [0.1, 0.15) is 11.6 Å². The fourth-order valence-corrected chi connectivity index (χ4v) is 8.42. The summed E-state index contributed by atoms with van der Waals surface area (Å²) in [6.45, 7) is 13.7. The SMILES string of the molecule is CCN(CC)c1ccc(N(Cc2ccc(C(=O)CN)cc2F)C(=O)N2CCCCC2)cc1.CCN(CC)c1ccc(N(Cc2ccc(C(=O)CNC(=O)C(F)F)cc2F)C(=O)N2CCCCC2)cc1. The van der Waals surface area contributed by atoms with Gasteiger partial charge in [0.15, 0.2) is 11.6 Å². The smallest absolute Gasteiger partial charge is 0.324 e. The monoisotopic (exact) mass is 959 g/mol. The van der Waals surface area contributed by atoms with Gasteiger partial charge in [-0.2, -0.15) is 8.78 Å². The second-order valence-electron chi connectivity index (χ2n) is 16.9. The van der Waals surface area contributed by atoms with Gasteiger partial charge < -0.3 is 30.7 Å². The molecule has 13 nitrogen and oxygen atoms in total. The van der Waals surface area contributed by atoms with Crippen molar-refractivity contribution in [2.45, 2.75) is 85.7 Å². The van der Waals surface area contributed by atoms with Crippen molar-refractivity contribution in [1.29, 1.82) is 0 Å². The van der Waals surface area contributed by atoms with Gasteiger partial charge in [0.2, 0.25) is 0 Å². The van der Waals surface area contributed by atoms with Crippen LogP contribution in [0.5, 0.6) is 0 Å². The molecule has 17 heteroatoms. The standard InChI is InChI=1S/C27H33F3N4O3.C25H33FN4O2/c1-3-32(4-2)21-10-12-22(13-11-21)34(27(37)33-14-6-5-7-15-33)18-20-9-8-19(16-23(20)28)24(35)17-31-26(36)25(29)30;1-3-28(4-2)21-10-12-22(13-11-21)30(25(32)29-14-6-5-7-15-29)18-20-9-8-19(16-23(20)26)24(31)17-27/h8-13,16,25H,3-7,14-15,17-18H2,1-2H3,(H,31,36);8-13,16H,3-7,14-15,17-18,27H2,1-2H3. The van der Waals surface area contributed by atoms with Crippen LogP contribution in [0.15, 0.2) is 84.9 Å². The summed E-state index contributed by atoms with van der Waals surface area (Å²) in [4.78, 5) is 73.1. The van der Waals surface area contributed by atoms with Crippen molar-refractivity contribution in [2.24, 2.45) is 5.73 Å². The molecule has 2 saturated heterocycles. The molecule has 2 aliphatic rings. The van der Waals surface area contributed by atoms with Gasteiger partial charge in [0.05, 0.1) is 26.2 Å². The molecule has 0 radical (unpaired) electrons. The van der Waals surface area contributed by atoms with Crippen LogP contribution in [0.25, 0.3) is 0 Å². The summed E-state index contributed by atoms with van der Waals surface area (Å²) < 4.78 is 54.6. The molecule has 2 heterocycles. The largest absolute Gasteiger partial charge is 0.372 e. The van der Waals surface area contributed by atoms with E-state index in [0.29, 0.717) is 37.4 Å². The number of amides is 5. The molecular formula is C52H66F4N8O5. The Morgan fingerprint density at radius 3 is 1.25 bits per heavy atom. The van der Waals surface area contributed by atoms with Gasteiger partial charge in [-0.25, -0.2) is 18.4 Å². The minimum atomic E-state index is -3.24. The number of benzene rings is 4. The van der Waals surface area contributed by atoms with E-state index in [1.165, 1.54) is 23.1 Å². The zero-order valence-electron chi connectivity index (χ0n) is 40.2. The molecule has 5 amide bonds. The van der Waals surface area contributed by atoms with Crippen LogP contribution >= 0.6 is 0 Å². The number of Topliss-reactive ketones (excluding diaryl/α,β-unsaturated/α-hetero) is 2. The molecule has 0 atom stereocenters. The first kappa shape index (κ1) is 53.5. The molecule has 2 fully saturated rings. The number of nitrogens with two attached hydrogens (primary N) is 1. The highest BCUT2D eigenvalue weighted by atomic mass is 19.3. The minimum Gasteiger partial charge on any atom is -0.372 e. The van der Waals surface area contributed by atoms with Crippen molar-refractivity contribution in [3.05, 3.63) is 119 Å². The number of carbonyl (C=O) groups is 5. The number of anilines is 4. The zero-order chi connectivity index (χ0) is 50.0. The van der Waals surface area contributed by atoms with Crippen LogP contribution in [-0.2, 0) is 17.9 Å². The van der Waals surface area contributed by atoms with E-state index in [2.05, 4.69) is 37.5 Å². The first-order chi connectivity index (χ1) is 33.2. The van der Waals surface area contributed by atoms with E-state index in [9.17, 15) is 37.1 Å². The number of halogens is 4. The number of hydrogen-bond acceptors (Lipinski definition) is 8. The number of carbonyl (C=O) groups excluding carboxylic acids is 5. The number of alkyl halides is 2. The number of rotatable bonds is 18. The number of hydrogen-bond donors (Lipinski definition) is 2. The predicted molar refractivity (Wildman–Crippen MR) is 264 cm³/mol. The van der Waals surface area contributed by atoms with Crippen molar-refractivity contribution < 1.29 is 41.5 Å². The highest BCUT2D eigenvalue weighted by Crippen LogP contribution is 2.28. The van der Waals surface area contributed by atoms with Crippen molar-refractivity contribution in [3.63, 3.8) is 0 Å². The molecule has 3 N–H and O–H groups in total. The summed E-state index contributed by atoms with van der Waals surface area (Å²) in [6.07, 6.45) is 2.71. The maximum Gasteiger partial charge on any atom is 0.324 e. The van der Waals surface area contributed by atoms with Crippen LogP contribution in [0.2, 0.25) is 0 Å². The Balaban J connectivity index is 0.000000260. The molecule has 0 saturated carbocycles. The molecule has 4 aromatic rings. The van der Waals surface area contributed by atoms with Gasteiger partial charge in [0.25, 0.3) is 5.91 Å². The molecule has 6 rings (SSSR count). The van der Waals surface area contributed by atoms with E-state index in [4.69, 9.17) is 5.73 Å². The maximum atomic E-state index is 15.1. The second kappa shape index (κ2) is 26.3. The van der Waals surface area contributed by atoms with Gasteiger partial charge in [-0.1, -0.05) is 24.3 Å². The molecular weight excluding hydrogens is 893 g/mol. The average molecular weight is 959 g/mol. The van der Waals surface area contributed by atoms with Crippen LogP contribution < -0.4 is 30.7 Å². The Morgan fingerprint density at radius 1 is 0.551 bits per heavy atom. The topological polar surface area (TPSA) is 143 Å². The van der Waals surface area contributed by atoms with Crippen molar-refractivity contribution in [2.75, 3.05) is 85.0 Å². The summed E-state index contributed by atoms with van der Waals surface area (Å²) in [6, 6.07) is 23.2. The Labute approximate surface area is 403 Å². The van der Waals surface area contributed by atoms with Crippen LogP contribution in [0.4, 0.5) is 49.9 Å². The van der Waals surface area contributed by atoms with Crippen LogP contribution in [0.3, 0.4) is 0 Å². The number of piperidine rings is 2. The summed E-state index contributed by atoms with van der Waals surface area (Å²) >= 11 is 0. The molecule has 0 aliphatic carbocycles. The fraction of sp³-hybridized carbons (Fsp3) is 0.442. The Hall–Kier alpha value is -6.49. The lowest BCUT2D eigenvalue weighted by atomic mass is 10.1. The van der Waals surface area contributed by atoms with E-state index in [0.717, 1.165) is 87.8 Å². The van der Waals surface area contributed by atoms with Gasteiger partial charge in [-0.15, -0.1) is 0 Å². The van der Waals surface area contributed by atoms with E-state index >= 15 is 4.39 Å². The lowest BCUT2D eigenvalue weighted by molar-refractivity contribution is -0.131. The highest BCUT2D eigenvalue weighted by Gasteiger charge is 2.28. The van der Waals surface area contributed by atoms with Crippen LogP contribution in [0.1, 0.15) is 98.1 Å². The third-order valence-electron chi connectivity index (χ3n) is 12.5. The van der Waals surface area contributed by atoms with E-state index in [1.54, 1.807) is 21.9 Å². The molecule has 0 unspecified atom stereocenters. The third-order valence-corrected chi connectivity index (χ3v) is 12.5. The molecule has 69 heavy (non-hydrogen) atoms. The Bertz CT molecular complexity index is 2330. The maximum absolute atomic E-state index is 15.1. The van der Waals surface area contributed by atoms with Gasteiger partial charge >= 0.3 is 18.5 Å². The number of urea groups is 2. The van der Waals surface area contributed by atoms with Crippen molar-refractivity contribution in [3.8, 4) is 0 Å². The van der Waals surface area contributed by atoms with Gasteiger partial charge in [-0.05, 0) is 127 Å². The number of likely N-dealkylation sites (tertiary alicyclic amines) is 2. The lowest BCUT2D eigenvalue weighted by Gasteiger charge is -2.33. The normalized spacial score (nSPS) is 13.5. The van der Waals surface area contributed by atoms with Crippen molar-refractivity contribution >= 4 is 52.3 Å². The Morgan fingerprint density at radius 2 is 0.913 bits per heavy atom. The first-order valence-electron chi connectivity index (χ1n) is 23.9. The first-order valence-corrected chi connectivity index (χ1v) is 23.9. The lowest BCUT2D eigenvalue weighted by Crippen LogP contribution is -2.45. The summed E-state index contributed by atoms with van der Waals surface area (Å²) in [5.41, 5.74) is 9.58. The quantitative estimate of drug-likeness (QED) is 0.0743. The molecule has 0 aromatic heterocycles. The second-order valence-corrected chi connectivity index (χ2v) is 16.9. The van der Waals surface area contributed by atoms with Crippen molar-refractivity contribution in [1.82, 2.24) is 15.1 Å². The fourth-order valence-electron chi connectivity index (χ4n) is 8.42. The summed E-state index contributed by atoms with van der Waals surface area (Å²) in [5, 5.41) is 1.82. The average Bonchev–Trinajstić information content (AvgIpc) is 3.38. The Kier molecular flexibility index (Phi) is 20.4. The number of nitrogens with zero attached hydrogens (tertiary/aromatic N) is 6. The zero-order valence-corrected chi connectivity index (χ0v) is 40.2. The molecule has 0 bridgehead atoms. The molecule has 2 aliphatic heterocycles. The van der Waals surface area contributed by atoms with E-state index < -0.39 is 36.3 Å². The van der Waals surface area contributed by atoms with Gasteiger partial charge in [-0.3, -0.25) is 24.2 Å². The highest BCUT2D eigenvalue weighted by molar-refractivity contribution is 6.00. The van der Waals surface area contributed by atoms with Crippen LogP contribution in [0, 0.1) is 11.6 Å². The summed E-state index contributed by atoms with van der Waals surface area (Å²) in [5.74, 6) is -3.80. The van der Waals surface area contributed by atoms with E-state index in [-0.39, 0.29) is 54.2 Å². The molecule has 0 spiro atoms. The summed E-state index contributed by atoms with van der Waals surface area (Å²) in [7, 11) is 0.